The van der Waals surface area contributed by atoms with Crippen molar-refractivity contribution in [3.05, 3.63) is 11.1 Å². The summed E-state index contributed by atoms with van der Waals surface area (Å²) >= 11 is 1.32. The zero-order valence-electron chi connectivity index (χ0n) is 9.64. The fourth-order valence-corrected chi connectivity index (χ4v) is 1.85. The van der Waals surface area contributed by atoms with Crippen LogP contribution in [0.2, 0.25) is 0 Å². The van der Waals surface area contributed by atoms with Crippen LogP contribution in [0.3, 0.4) is 0 Å². The third-order valence-electron chi connectivity index (χ3n) is 1.92. The fraction of sp³-hybridized carbons (Fsp3) is 0.600. The van der Waals surface area contributed by atoms with Crippen LogP contribution in [-0.4, -0.2) is 42.4 Å². The molecule has 0 amide bonds. The predicted octanol–water partition coefficient (Wildman–Crippen LogP) is 1.70. The third-order valence-corrected chi connectivity index (χ3v) is 2.87. The number of hydrogen-bond donors (Lipinski definition) is 1. The molecule has 0 radical (unpaired) electrons. The average Bonchev–Trinajstić information content (AvgIpc) is 2.65. The summed E-state index contributed by atoms with van der Waals surface area (Å²) in [5, 5.41) is 11.0. The second kappa shape index (κ2) is 5.81. The van der Waals surface area contributed by atoms with Gasteiger partial charge in [-0.2, -0.15) is 0 Å². The number of ether oxygens (including phenoxy) is 1. The first-order valence-corrected chi connectivity index (χ1v) is 5.90. The van der Waals surface area contributed by atoms with E-state index < -0.39 is 5.97 Å². The highest BCUT2D eigenvalue weighted by Crippen LogP contribution is 2.18. The van der Waals surface area contributed by atoms with Crippen molar-refractivity contribution in [3.63, 3.8) is 0 Å². The summed E-state index contributed by atoms with van der Waals surface area (Å²) in [7, 11) is 1.87. The highest BCUT2D eigenvalue weighted by molar-refractivity contribution is 7.13. The summed E-state index contributed by atoms with van der Waals surface area (Å²) in [6.45, 7) is 5.26. The lowest BCUT2D eigenvalue weighted by Crippen LogP contribution is -2.23. The molecule has 0 fully saturated rings. The second-order valence-corrected chi connectivity index (χ2v) is 4.50. The molecule has 0 unspecified atom stereocenters. The van der Waals surface area contributed by atoms with E-state index in [0.29, 0.717) is 18.3 Å². The Labute approximate surface area is 98.7 Å². The minimum Gasteiger partial charge on any atom is -0.476 e. The van der Waals surface area contributed by atoms with Gasteiger partial charge in [0, 0.05) is 19.0 Å². The van der Waals surface area contributed by atoms with Crippen LogP contribution in [0.15, 0.2) is 5.38 Å². The Bertz CT molecular complexity index is 352. The molecular weight excluding hydrogens is 228 g/mol. The zero-order valence-corrected chi connectivity index (χ0v) is 10.5. The molecule has 6 heteroatoms. The zero-order chi connectivity index (χ0) is 12.1. The number of likely N-dealkylation sites (N-methyl/N-ethyl adjacent to an activating group) is 1. The molecule has 0 atom stereocenters. The van der Waals surface area contributed by atoms with Crippen LogP contribution in [0, 0.1) is 0 Å². The third kappa shape index (κ3) is 3.79. The molecule has 1 heterocycles. The van der Waals surface area contributed by atoms with Gasteiger partial charge in [0.1, 0.15) is 0 Å². The van der Waals surface area contributed by atoms with Crippen LogP contribution in [0.4, 0.5) is 5.13 Å². The van der Waals surface area contributed by atoms with Crippen molar-refractivity contribution in [2.45, 2.75) is 20.0 Å². The molecule has 0 bridgehead atoms. The molecule has 1 N–H and O–H groups in total. The summed E-state index contributed by atoms with van der Waals surface area (Å²) in [4.78, 5) is 16.5. The topological polar surface area (TPSA) is 62.7 Å². The van der Waals surface area contributed by atoms with Gasteiger partial charge in [0.2, 0.25) is 0 Å². The standard InChI is InChI=1S/C10H16N2O3S/c1-7(2)15-5-4-12(3)10-11-8(6-16-10)9(13)14/h6-7H,4-5H2,1-3H3,(H,13,14). The lowest BCUT2D eigenvalue weighted by atomic mass is 10.5. The molecule has 16 heavy (non-hydrogen) atoms. The molecule has 0 aliphatic heterocycles. The van der Waals surface area contributed by atoms with Gasteiger partial charge < -0.3 is 14.7 Å². The van der Waals surface area contributed by atoms with Crippen LogP contribution < -0.4 is 4.90 Å². The van der Waals surface area contributed by atoms with E-state index >= 15 is 0 Å². The molecule has 90 valence electrons. The Hall–Kier alpha value is -1.14. The Kier molecular flexibility index (Phi) is 4.70. The van der Waals surface area contributed by atoms with E-state index in [2.05, 4.69) is 4.98 Å². The van der Waals surface area contributed by atoms with E-state index in [1.54, 1.807) is 0 Å². The highest BCUT2D eigenvalue weighted by Gasteiger charge is 2.11. The van der Waals surface area contributed by atoms with E-state index in [4.69, 9.17) is 9.84 Å². The molecule has 0 spiro atoms. The van der Waals surface area contributed by atoms with Crippen LogP contribution >= 0.6 is 11.3 Å². The lowest BCUT2D eigenvalue weighted by Gasteiger charge is -2.16. The first-order valence-electron chi connectivity index (χ1n) is 5.02. The number of hydrogen-bond acceptors (Lipinski definition) is 5. The number of aromatic carboxylic acids is 1. The van der Waals surface area contributed by atoms with Crippen molar-refractivity contribution in [2.24, 2.45) is 0 Å². The molecule has 0 aromatic carbocycles. The normalized spacial score (nSPS) is 10.8. The summed E-state index contributed by atoms with van der Waals surface area (Å²) in [5.74, 6) is -0.991. The number of carbonyl (C=O) groups is 1. The SMILES string of the molecule is CC(C)OCCN(C)c1nc(C(=O)O)cs1. The van der Waals surface area contributed by atoms with Crippen molar-refractivity contribution in [3.8, 4) is 0 Å². The number of carboxylic acids is 1. The Morgan fingerprint density at radius 3 is 2.88 bits per heavy atom. The van der Waals surface area contributed by atoms with Crippen LogP contribution in [-0.2, 0) is 4.74 Å². The minimum atomic E-state index is -0.991. The first-order chi connectivity index (χ1) is 7.50. The molecule has 1 aromatic heterocycles. The minimum absolute atomic E-state index is 0.0941. The summed E-state index contributed by atoms with van der Waals surface area (Å²) in [6.07, 6.45) is 0.208. The molecular formula is C10H16N2O3S. The Morgan fingerprint density at radius 1 is 1.69 bits per heavy atom. The van der Waals surface area contributed by atoms with Gasteiger partial charge in [0.25, 0.3) is 0 Å². The van der Waals surface area contributed by atoms with Crippen LogP contribution in [0.25, 0.3) is 0 Å². The largest absolute Gasteiger partial charge is 0.476 e. The monoisotopic (exact) mass is 244 g/mol. The molecule has 0 aliphatic rings. The maximum absolute atomic E-state index is 10.6. The molecule has 0 saturated carbocycles. The Balaban J connectivity index is 2.46. The molecule has 5 nitrogen and oxygen atoms in total. The summed E-state index contributed by atoms with van der Waals surface area (Å²) in [5.41, 5.74) is 0.0941. The van der Waals surface area contributed by atoms with Crippen molar-refractivity contribution >= 4 is 22.4 Å². The van der Waals surface area contributed by atoms with Crippen molar-refractivity contribution < 1.29 is 14.6 Å². The van der Waals surface area contributed by atoms with Gasteiger partial charge in [-0.1, -0.05) is 0 Å². The van der Waals surface area contributed by atoms with Gasteiger partial charge in [0.15, 0.2) is 10.8 Å². The van der Waals surface area contributed by atoms with Gasteiger partial charge in [-0.05, 0) is 13.8 Å². The summed E-state index contributed by atoms with van der Waals surface area (Å²) < 4.78 is 5.41. The van der Waals surface area contributed by atoms with Crippen molar-refractivity contribution in [2.75, 3.05) is 25.1 Å². The molecule has 0 saturated heterocycles. The number of thiazole rings is 1. The van der Waals surface area contributed by atoms with Crippen molar-refractivity contribution in [1.29, 1.82) is 0 Å². The van der Waals surface area contributed by atoms with E-state index in [1.807, 2.05) is 25.8 Å². The average molecular weight is 244 g/mol. The van der Waals surface area contributed by atoms with Gasteiger partial charge >= 0.3 is 5.97 Å². The van der Waals surface area contributed by atoms with Crippen LogP contribution in [0.1, 0.15) is 24.3 Å². The van der Waals surface area contributed by atoms with Gasteiger partial charge in [-0.25, -0.2) is 9.78 Å². The predicted molar refractivity (Wildman–Crippen MR) is 63.4 cm³/mol. The number of anilines is 1. The second-order valence-electron chi connectivity index (χ2n) is 3.66. The number of aromatic nitrogens is 1. The number of rotatable bonds is 6. The van der Waals surface area contributed by atoms with Gasteiger partial charge in [-0.15, -0.1) is 11.3 Å². The maximum Gasteiger partial charge on any atom is 0.355 e. The van der Waals surface area contributed by atoms with Crippen LogP contribution in [0.5, 0.6) is 0 Å². The molecule has 1 rings (SSSR count). The fourth-order valence-electron chi connectivity index (χ4n) is 1.06. The lowest BCUT2D eigenvalue weighted by molar-refractivity contribution is 0.0691. The van der Waals surface area contributed by atoms with Gasteiger partial charge in [-0.3, -0.25) is 0 Å². The number of nitrogens with zero attached hydrogens (tertiary/aromatic N) is 2. The smallest absolute Gasteiger partial charge is 0.355 e. The maximum atomic E-state index is 10.6. The summed E-state index contributed by atoms with van der Waals surface area (Å²) in [6, 6.07) is 0. The highest BCUT2D eigenvalue weighted by atomic mass is 32.1. The quantitative estimate of drug-likeness (QED) is 0.825. The number of carboxylic acid groups (broad SMARTS) is 1. The van der Waals surface area contributed by atoms with E-state index in [0.717, 1.165) is 0 Å². The van der Waals surface area contributed by atoms with E-state index in [9.17, 15) is 4.79 Å². The van der Waals surface area contributed by atoms with Crippen molar-refractivity contribution in [1.82, 2.24) is 4.98 Å². The molecule has 0 aliphatic carbocycles. The van der Waals surface area contributed by atoms with Gasteiger partial charge in [0.05, 0.1) is 12.7 Å². The Morgan fingerprint density at radius 2 is 2.38 bits per heavy atom. The van der Waals surface area contributed by atoms with E-state index in [1.165, 1.54) is 16.7 Å². The van der Waals surface area contributed by atoms with E-state index in [-0.39, 0.29) is 11.8 Å². The first kappa shape index (κ1) is 12.9. The molecule has 1 aromatic rings.